The van der Waals surface area contributed by atoms with Gasteiger partial charge in [-0.2, -0.15) is 0 Å². The fourth-order valence-corrected chi connectivity index (χ4v) is 7.66. The molecule has 10 heteroatoms. The maximum Gasteiger partial charge on any atom is 0.264 e. The topological polar surface area (TPSA) is 86.8 Å². The number of hydrogen-bond donors (Lipinski definition) is 1. The average molecular weight is 709 g/mol. The molecule has 7 nitrogen and oxygen atoms in total. The summed E-state index contributed by atoms with van der Waals surface area (Å²) in [6.07, 6.45) is 4.11. The van der Waals surface area contributed by atoms with E-state index in [-0.39, 0.29) is 29.8 Å². The molecule has 1 N–H and O–H groups in total. The van der Waals surface area contributed by atoms with E-state index in [9.17, 15) is 18.0 Å². The maximum atomic E-state index is 14.5. The van der Waals surface area contributed by atoms with Crippen molar-refractivity contribution in [1.29, 1.82) is 0 Å². The summed E-state index contributed by atoms with van der Waals surface area (Å²) in [5.74, 6) is -0.780. The zero-order valence-corrected chi connectivity index (χ0v) is 27.8. The molecular formula is C35H35BrClN3O4S. The van der Waals surface area contributed by atoms with Crippen LogP contribution in [0.4, 0.5) is 5.69 Å². The molecule has 0 aromatic heterocycles. The molecule has 0 spiro atoms. The molecule has 4 aromatic rings. The lowest BCUT2D eigenvalue weighted by Gasteiger charge is -2.34. The van der Waals surface area contributed by atoms with Gasteiger partial charge in [0.05, 0.1) is 10.6 Å². The van der Waals surface area contributed by atoms with Crippen molar-refractivity contribution in [2.75, 3.05) is 10.8 Å². The highest BCUT2D eigenvalue weighted by Crippen LogP contribution is 2.28. The molecule has 0 saturated heterocycles. The average Bonchev–Trinajstić information content (AvgIpc) is 3.55. The standard InChI is InChI=1S/C35H35BrClN3O4S/c36-28-14-10-18-31(23-28)40(45(43,44)32-19-5-2-6-20-32)25-34(41)39(24-27-13-9-15-29(37)21-27)33(22-26-11-3-1-4-12-26)35(42)38-30-16-7-8-17-30/h1-6,9-15,18-21,23,30,33H,7-8,16-17,22,24-25H2,(H,38,42)/t33-/m0/s1. The molecule has 0 radical (unpaired) electrons. The van der Waals surface area contributed by atoms with Gasteiger partial charge in [0.15, 0.2) is 0 Å². The molecular weight excluding hydrogens is 674 g/mol. The Morgan fingerprint density at radius 3 is 2.16 bits per heavy atom. The van der Waals surface area contributed by atoms with Crippen LogP contribution in [0, 0.1) is 0 Å². The van der Waals surface area contributed by atoms with Crippen molar-refractivity contribution < 1.29 is 18.0 Å². The van der Waals surface area contributed by atoms with Crippen molar-refractivity contribution >= 4 is 55.1 Å². The van der Waals surface area contributed by atoms with E-state index in [1.165, 1.54) is 17.0 Å². The minimum Gasteiger partial charge on any atom is -0.352 e. The summed E-state index contributed by atoms with van der Waals surface area (Å²) >= 11 is 9.76. The second-order valence-electron chi connectivity index (χ2n) is 11.2. The van der Waals surface area contributed by atoms with Gasteiger partial charge in [-0.15, -0.1) is 0 Å². The van der Waals surface area contributed by atoms with E-state index in [0.717, 1.165) is 41.1 Å². The van der Waals surface area contributed by atoms with E-state index in [1.807, 2.05) is 36.4 Å². The van der Waals surface area contributed by atoms with Gasteiger partial charge in [0.1, 0.15) is 12.6 Å². The summed E-state index contributed by atoms with van der Waals surface area (Å²) in [5.41, 5.74) is 1.93. The van der Waals surface area contributed by atoms with Crippen molar-refractivity contribution in [2.24, 2.45) is 0 Å². The van der Waals surface area contributed by atoms with Crippen molar-refractivity contribution in [2.45, 2.75) is 55.6 Å². The van der Waals surface area contributed by atoms with E-state index >= 15 is 0 Å². The van der Waals surface area contributed by atoms with E-state index in [1.54, 1.807) is 60.7 Å². The van der Waals surface area contributed by atoms with Crippen molar-refractivity contribution in [3.8, 4) is 0 Å². The Balaban J connectivity index is 1.56. The van der Waals surface area contributed by atoms with Crippen LogP contribution in [-0.2, 0) is 32.6 Å². The third-order valence-corrected chi connectivity index (χ3v) is 10.4. The summed E-state index contributed by atoms with van der Waals surface area (Å²) in [4.78, 5) is 30.2. The zero-order valence-electron chi connectivity index (χ0n) is 24.7. The van der Waals surface area contributed by atoms with Crippen LogP contribution in [0.2, 0.25) is 5.02 Å². The molecule has 0 aliphatic heterocycles. The number of anilines is 1. The first-order chi connectivity index (χ1) is 21.7. The highest BCUT2D eigenvalue weighted by Gasteiger charge is 2.35. The first-order valence-electron chi connectivity index (χ1n) is 14.9. The number of nitrogens with one attached hydrogen (secondary N) is 1. The Labute approximate surface area is 278 Å². The molecule has 5 rings (SSSR count). The lowest BCUT2D eigenvalue weighted by Crippen LogP contribution is -2.54. The van der Waals surface area contributed by atoms with Gasteiger partial charge in [-0.1, -0.05) is 107 Å². The van der Waals surface area contributed by atoms with Gasteiger partial charge >= 0.3 is 0 Å². The van der Waals surface area contributed by atoms with E-state index in [0.29, 0.717) is 15.2 Å². The number of hydrogen-bond acceptors (Lipinski definition) is 4. The van der Waals surface area contributed by atoms with Gasteiger partial charge < -0.3 is 10.2 Å². The van der Waals surface area contributed by atoms with E-state index in [2.05, 4.69) is 21.2 Å². The smallest absolute Gasteiger partial charge is 0.264 e. The number of sulfonamides is 1. The predicted octanol–water partition coefficient (Wildman–Crippen LogP) is 7.00. The molecule has 1 aliphatic carbocycles. The largest absolute Gasteiger partial charge is 0.352 e. The molecule has 0 unspecified atom stereocenters. The van der Waals surface area contributed by atoms with Gasteiger partial charge in [-0.25, -0.2) is 8.42 Å². The molecule has 1 atom stereocenters. The fourth-order valence-electron chi connectivity index (χ4n) is 5.63. The first-order valence-corrected chi connectivity index (χ1v) is 17.5. The molecule has 234 valence electrons. The number of benzene rings is 4. The van der Waals surface area contributed by atoms with E-state index in [4.69, 9.17) is 11.6 Å². The second-order valence-corrected chi connectivity index (χ2v) is 14.4. The third-order valence-electron chi connectivity index (χ3n) is 7.92. The van der Waals surface area contributed by atoms with Gasteiger partial charge in [0, 0.05) is 28.5 Å². The Kier molecular flexibility index (Phi) is 11.0. The highest BCUT2D eigenvalue weighted by atomic mass is 79.9. The van der Waals surface area contributed by atoms with Gasteiger partial charge in [-0.3, -0.25) is 13.9 Å². The molecule has 0 heterocycles. The Hall–Kier alpha value is -3.66. The molecule has 2 amide bonds. The molecule has 0 bridgehead atoms. The van der Waals surface area contributed by atoms with Gasteiger partial charge in [-0.05, 0) is 66.4 Å². The lowest BCUT2D eigenvalue weighted by atomic mass is 10.0. The minimum atomic E-state index is -4.16. The van der Waals surface area contributed by atoms with Crippen molar-refractivity contribution in [3.05, 3.63) is 130 Å². The normalized spacial score (nSPS) is 14.1. The second kappa shape index (κ2) is 15.1. The lowest BCUT2D eigenvalue weighted by molar-refractivity contribution is -0.140. The Bertz CT molecular complexity index is 1720. The number of amides is 2. The van der Waals surface area contributed by atoms with Crippen LogP contribution in [0.5, 0.6) is 0 Å². The zero-order chi connectivity index (χ0) is 31.8. The summed E-state index contributed by atoms with van der Waals surface area (Å²) in [5, 5.41) is 3.68. The molecule has 1 saturated carbocycles. The van der Waals surface area contributed by atoms with Crippen LogP contribution in [0.15, 0.2) is 119 Å². The summed E-state index contributed by atoms with van der Waals surface area (Å²) in [6.45, 7) is -0.455. The molecule has 45 heavy (non-hydrogen) atoms. The highest BCUT2D eigenvalue weighted by molar-refractivity contribution is 9.10. The summed E-state index contributed by atoms with van der Waals surface area (Å²) < 4.78 is 29.9. The van der Waals surface area contributed by atoms with Crippen LogP contribution in [-0.4, -0.2) is 43.8 Å². The van der Waals surface area contributed by atoms with Crippen LogP contribution < -0.4 is 9.62 Å². The van der Waals surface area contributed by atoms with Crippen molar-refractivity contribution in [1.82, 2.24) is 10.2 Å². The third kappa shape index (κ3) is 8.54. The monoisotopic (exact) mass is 707 g/mol. The molecule has 4 aromatic carbocycles. The summed E-state index contributed by atoms with van der Waals surface area (Å²) in [7, 11) is -4.16. The number of halogens is 2. The predicted molar refractivity (Wildman–Crippen MR) is 181 cm³/mol. The minimum absolute atomic E-state index is 0.0375. The van der Waals surface area contributed by atoms with E-state index < -0.39 is 28.5 Å². The maximum absolute atomic E-state index is 14.5. The Morgan fingerprint density at radius 2 is 1.49 bits per heavy atom. The fraction of sp³-hybridized carbons (Fsp3) is 0.257. The summed E-state index contributed by atoms with van der Waals surface area (Å²) in [6, 6.07) is 30.6. The Morgan fingerprint density at radius 1 is 0.844 bits per heavy atom. The number of nitrogens with zero attached hydrogens (tertiary/aromatic N) is 2. The van der Waals surface area contributed by atoms with Crippen LogP contribution in [0.25, 0.3) is 0 Å². The van der Waals surface area contributed by atoms with Gasteiger partial charge in [0.2, 0.25) is 11.8 Å². The molecule has 1 fully saturated rings. The first kappa shape index (κ1) is 32.7. The number of rotatable bonds is 12. The van der Waals surface area contributed by atoms with Crippen LogP contribution in [0.1, 0.15) is 36.8 Å². The van der Waals surface area contributed by atoms with Crippen molar-refractivity contribution in [3.63, 3.8) is 0 Å². The number of carbonyl (C=O) groups is 2. The van der Waals surface area contributed by atoms with Gasteiger partial charge in [0.25, 0.3) is 10.0 Å². The van der Waals surface area contributed by atoms with Crippen LogP contribution in [0.3, 0.4) is 0 Å². The quantitative estimate of drug-likeness (QED) is 0.172. The SMILES string of the molecule is O=C(NC1CCCC1)[C@H](Cc1ccccc1)N(Cc1cccc(Cl)c1)C(=O)CN(c1cccc(Br)c1)S(=O)(=O)c1ccccc1. The number of carbonyl (C=O) groups excluding carboxylic acids is 2. The molecule has 1 aliphatic rings. The van der Waals surface area contributed by atoms with Crippen LogP contribution >= 0.6 is 27.5 Å².